The van der Waals surface area contributed by atoms with Gasteiger partial charge in [0.25, 0.3) is 0 Å². The molecule has 2 aromatic rings. The van der Waals surface area contributed by atoms with Gasteiger partial charge in [-0.25, -0.2) is 8.42 Å². The van der Waals surface area contributed by atoms with Gasteiger partial charge in [0.05, 0.1) is 19.1 Å². The first-order valence-corrected chi connectivity index (χ1v) is 14.3. The zero-order chi connectivity index (χ0) is 27.3. The molecule has 198 valence electrons. The molecule has 10 heteroatoms. The normalized spacial score (nSPS) is 12.6. The highest BCUT2D eigenvalue weighted by Crippen LogP contribution is 2.25. The van der Waals surface area contributed by atoms with Gasteiger partial charge >= 0.3 is 0 Å². The average molecular weight is 583 g/mol. The number of hydrogen-bond donors (Lipinski definition) is 1. The molecule has 0 aliphatic heterocycles. The second kappa shape index (κ2) is 12.1. The number of anilines is 1. The maximum atomic E-state index is 13.8. The van der Waals surface area contributed by atoms with Gasteiger partial charge in [-0.3, -0.25) is 13.9 Å². The number of halogens is 1. The largest absolute Gasteiger partial charge is 0.497 e. The molecule has 0 aliphatic rings. The smallest absolute Gasteiger partial charge is 0.244 e. The minimum Gasteiger partial charge on any atom is -0.497 e. The minimum absolute atomic E-state index is 0.114. The highest BCUT2D eigenvalue weighted by atomic mass is 79.9. The lowest BCUT2D eigenvalue weighted by Crippen LogP contribution is -2.55. The number of nitrogens with zero attached hydrogens (tertiary/aromatic N) is 2. The Morgan fingerprint density at radius 3 is 2.33 bits per heavy atom. The Labute approximate surface area is 223 Å². The van der Waals surface area contributed by atoms with Crippen molar-refractivity contribution in [3.05, 3.63) is 58.1 Å². The van der Waals surface area contributed by atoms with Crippen molar-refractivity contribution in [1.82, 2.24) is 10.2 Å². The molecule has 2 aromatic carbocycles. The molecule has 0 aliphatic carbocycles. The fraction of sp³-hybridized carbons (Fsp3) is 0.462. The van der Waals surface area contributed by atoms with E-state index in [0.29, 0.717) is 17.9 Å². The lowest BCUT2D eigenvalue weighted by atomic mass is 10.1. The summed E-state index contributed by atoms with van der Waals surface area (Å²) < 4.78 is 32.7. The van der Waals surface area contributed by atoms with E-state index in [-0.39, 0.29) is 12.5 Å². The maximum absolute atomic E-state index is 13.8. The van der Waals surface area contributed by atoms with Gasteiger partial charge in [0, 0.05) is 16.6 Å². The van der Waals surface area contributed by atoms with Crippen molar-refractivity contribution in [2.75, 3.05) is 24.2 Å². The SMILES string of the molecule is CCC(C(=O)NC(C)(C)C)N(Cc1cccc(OC)c1)C(=O)CN(c1ccc(Br)c(C)c1)S(C)(=O)=O. The molecule has 1 atom stereocenters. The molecule has 0 radical (unpaired) electrons. The standard InChI is InChI=1S/C26H36BrN3O5S/c1-8-23(25(32)28-26(3,4)5)29(16-19-10-9-11-21(15-19)35-6)24(31)17-30(36(7,33)34)20-12-13-22(27)18(2)14-20/h9-15,23H,8,16-17H2,1-7H3,(H,28,32). The van der Waals surface area contributed by atoms with Crippen LogP contribution in [-0.4, -0.2) is 56.6 Å². The van der Waals surface area contributed by atoms with E-state index in [1.807, 2.05) is 40.7 Å². The third kappa shape index (κ3) is 8.23. The molecule has 1 unspecified atom stereocenters. The molecule has 0 saturated heterocycles. The number of ether oxygens (including phenoxy) is 1. The van der Waals surface area contributed by atoms with Crippen LogP contribution in [0.15, 0.2) is 46.9 Å². The van der Waals surface area contributed by atoms with Crippen LogP contribution in [0.2, 0.25) is 0 Å². The summed E-state index contributed by atoms with van der Waals surface area (Å²) in [6.07, 6.45) is 1.42. The van der Waals surface area contributed by atoms with E-state index < -0.39 is 34.1 Å². The Morgan fingerprint density at radius 1 is 1.14 bits per heavy atom. The van der Waals surface area contributed by atoms with Crippen molar-refractivity contribution < 1.29 is 22.7 Å². The highest BCUT2D eigenvalue weighted by Gasteiger charge is 2.33. The van der Waals surface area contributed by atoms with E-state index in [2.05, 4.69) is 21.2 Å². The third-order valence-corrected chi connectivity index (χ3v) is 7.51. The van der Waals surface area contributed by atoms with Gasteiger partial charge in [0.15, 0.2) is 0 Å². The zero-order valence-electron chi connectivity index (χ0n) is 22.0. The van der Waals surface area contributed by atoms with Crippen molar-refractivity contribution in [2.45, 2.75) is 59.2 Å². The first-order valence-electron chi connectivity index (χ1n) is 11.6. The number of amides is 2. The maximum Gasteiger partial charge on any atom is 0.244 e. The number of sulfonamides is 1. The third-order valence-electron chi connectivity index (χ3n) is 5.48. The van der Waals surface area contributed by atoms with Crippen LogP contribution in [0.1, 0.15) is 45.2 Å². The zero-order valence-corrected chi connectivity index (χ0v) is 24.4. The Balaban J connectivity index is 2.49. The average Bonchev–Trinajstić information content (AvgIpc) is 2.77. The number of hydrogen-bond acceptors (Lipinski definition) is 5. The highest BCUT2D eigenvalue weighted by molar-refractivity contribution is 9.10. The Hall–Kier alpha value is -2.59. The lowest BCUT2D eigenvalue weighted by Gasteiger charge is -2.34. The summed E-state index contributed by atoms with van der Waals surface area (Å²) in [6, 6.07) is 11.5. The van der Waals surface area contributed by atoms with Gasteiger partial charge in [-0.2, -0.15) is 0 Å². The molecule has 36 heavy (non-hydrogen) atoms. The summed E-state index contributed by atoms with van der Waals surface area (Å²) in [5, 5.41) is 2.95. The topological polar surface area (TPSA) is 96.0 Å². The monoisotopic (exact) mass is 581 g/mol. The summed E-state index contributed by atoms with van der Waals surface area (Å²) in [5.41, 5.74) is 1.47. The van der Waals surface area contributed by atoms with Crippen LogP contribution in [0.3, 0.4) is 0 Å². The van der Waals surface area contributed by atoms with Crippen molar-refractivity contribution in [3.8, 4) is 5.75 Å². The van der Waals surface area contributed by atoms with E-state index in [1.54, 1.807) is 43.5 Å². The van der Waals surface area contributed by atoms with E-state index in [4.69, 9.17) is 4.74 Å². The molecule has 8 nitrogen and oxygen atoms in total. The van der Waals surface area contributed by atoms with Gasteiger partial charge in [-0.15, -0.1) is 0 Å². The summed E-state index contributed by atoms with van der Waals surface area (Å²) in [4.78, 5) is 28.4. The predicted molar refractivity (Wildman–Crippen MR) is 147 cm³/mol. The first kappa shape index (κ1) is 29.6. The number of carbonyl (C=O) groups excluding carboxylic acids is 2. The number of aryl methyl sites for hydroxylation is 1. The molecule has 0 heterocycles. The van der Waals surface area contributed by atoms with Crippen molar-refractivity contribution in [3.63, 3.8) is 0 Å². The molecule has 0 spiro atoms. The number of nitrogens with one attached hydrogen (secondary N) is 1. The van der Waals surface area contributed by atoms with E-state index in [1.165, 1.54) is 4.90 Å². The number of carbonyl (C=O) groups is 2. The molecule has 0 saturated carbocycles. The van der Waals surface area contributed by atoms with Crippen molar-refractivity contribution >= 4 is 43.5 Å². The van der Waals surface area contributed by atoms with E-state index >= 15 is 0 Å². The second-order valence-electron chi connectivity index (χ2n) is 9.74. The Bertz CT molecular complexity index is 1190. The van der Waals surface area contributed by atoms with Crippen LogP contribution in [0.4, 0.5) is 5.69 Å². The summed E-state index contributed by atoms with van der Waals surface area (Å²) in [6.45, 7) is 8.94. The summed E-state index contributed by atoms with van der Waals surface area (Å²) in [7, 11) is -2.24. The van der Waals surface area contributed by atoms with Gasteiger partial charge in [-0.1, -0.05) is 35.0 Å². The molecule has 0 fully saturated rings. The summed E-state index contributed by atoms with van der Waals surface area (Å²) in [5.74, 6) is -0.165. The lowest BCUT2D eigenvalue weighted by molar-refractivity contribution is -0.141. The van der Waals surface area contributed by atoms with Crippen molar-refractivity contribution in [2.24, 2.45) is 0 Å². The van der Waals surface area contributed by atoms with Gasteiger partial charge in [0.2, 0.25) is 21.8 Å². The molecular formula is C26H36BrN3O5S. The second-order valence-corrected chi connectivity index (χ2v) is 12.5. The molecule has 2 amide bonds. The van der Waals surface area contributed by atoms with Crippen molar-refractivity contribution in [1.29, 1.82) is 0 Å². The quantitative estimate of drug-likeness (QED) is 0.452. The number of benzene rings is 2. The first-order chi connectivity index (χ1) is 16.7. The van der Waals surface area contributed by atoms with E-state index in [0.717, 1.165) is 26.2 Å². The van der Waals surface area contributed by atoms with Crippen LogP contribution in [0.25, 0.3) is 0 Å². The molecule has 2 rings (SSSR count). The fourth-order valence-electron chi connectivity index (χ4n) is 3.74. The van der Waals surface area contributed by atoms with Gasteiger partial charge in [0.1, 0.15) is 18.3 Å². The predicted octanol–water partition coefficient (Wildman–Crippen LogP) is 4.25. The van der Waals surface area contributed by atoms with Crippen LogP contribution < -0.4 is 14.4 Å². The van der Waals surface area contributed by atoms with Crippen LogP contribution in [0, 0.1) is 6.92 Å². The summed E-state index contributed by atoms with van der Waals surface area (Å²) >= 11 is 3.42. The molecular weight excluding hydrogens is 546 g/mol. The Kier molecular flexibility index (Phi) is 9.96. The van der Waals surface area contributed by atoms with Gasteiger partial charge < -0.3 is 15.0 Å². The van der Waals surface area contributed by atoms with Crippen LogP contribution in [-0.2, 0) is 26.2 Å². The fourth-order valence-corrected chi connectivity index (χ4v) is 4.83. The van der Waals surface area contributed by atoms with Gasteiger partial charge in [-0.05, 0) is 75.6 Å². The molecule has 0 bridgehead atoms. The number of rotatable bonds is 10. The Morgan fingerprint density at radius 2 is 1.81 bits per heavy atom. The molecule has 1 N–H and O–H groups in total. The molecule has 0 aromatic heterocycles. The van der Waals surface area contributed by atoms with Crippen LogP contribution in [0.5, 0.6) is 5.75 Å². The number of methoxy groups -OCH3 is 1. The van der Waals surface area contributed by atoms with E-state index in [9.17, 15) is 18.0 Å². The van der Waals surface area contributed by atoms with Crippen LogP contribution >= 0.6 is 15.9 Å². The minimum atomic E-state index is -3.79.